The first-order valence-electron chi connectivity index (χ1n) is 5.77. The minimum atomic E-state index is -1.05. The number of aromatic nitrogens is 1. The Morgan fingerprint density at radius 1 is 1.50 bits per heavy atom. The van der Waals surface area contributed by atoms with Gasteiger partial charge in [-0.1, -0.05) is 6.92 Å². The van der Waals surface area contributed by atoms with Gasteiger partial charge in [0.15, 0.2) is 0 Å². The molecule has 1 amide bonds. The monoisotopic (exact) mass is 251 g/mol. The number of rotatable bonds is 6. The molecular weight excluding hydrogens is 234 g/mol. The minimum absolute atomic E-state index is 0.0974. The van der Waals surface area contributed by atoms with Gasteiger partial charge in [0.05, 0.1) is 17.4 Å². The number of aromatic carboxylic acids is 1. The van der Waals surface area contributed by atoms with Crippen molar-refractivity contribution in [3.63, 3.8) is 0 Å². The molecule has 0 fully saturated rings. The van der Waals surface area contributed by atoms with Gasteiger partial charge in [-0.2, -0.15) is 0 Å². The van der Waals surface area contributed by atoms with Crippen LogP contribution in [0, 0.1) is 0 Å². The molecule has 0 aliphatic carbocycles. The van der Waals surface area contributed by atoms with E-state index in [1.54, 1.807) is 6.92 Å². The van der Waals surface area contributed by atoms with Crippen molar-refractivity contribution >= 4 is 17.6 Å². The highest BCUT2D eigenvalue weighted by molar-refractivity contribution is 5.95. The highest BCUT2D eigenvalue weighted by atomic mass is 16.4. The Bertz CT molecular complexity index is 434. The lowest BCUT2D eigenvalue weighted by molar-refractivity contribution is -0.121. The lowest BCUT2D eigenvalue weighted by Crippen LogP contribution is -2.38. The van der Waals surface area contributed by atoms with E-state index in [0.29, 0.717) is 12.2 Å². The SMILES string of the molecule is CCCNC(=O)C(C)Nc1cnccc1C(=O)O. The molecule has 0 aliphatic rings. The van der Waals surface area contributed by atoms with Gasteiger partial charge in [0.2, 0.25) is 5.91 Å². The third-order valence-electron chi connectivity index (χ3n) is 2.37. The number of nitrogens with zero attached hydrogens (tertiary/aromatic N) is 1. The van der Waals surface area contributed by atoms with E-state index in [0.717, 1.165) is 6.42 Å². The number of hydrogen-bond donors (Lipinski definition) is 3. The molecule has 1 unspecified atom stereocenters. The Balaban J connectivity index is 2.72. The summed E-state index contributed by atoms with van der Waals surface area (Å²) in [5.41, 5.74) is 0.435. The average molecular weight is 251 g/mol. The van der Waals surface area contributed by atoms with Crippen LogP contribution in [0.5, 0.6) is 0 Å². The van der Waals surface area contributed by atoms with Crippen molar-refractivity contribution in [3.8, 4) is 0 Å². The predicted molar refractivity (Wildman–Crippen MR) is 67.6 cm³/mol. The lowest BCUT2D eigenvalue weighted by Gasteiger charge is -2.16. The smallest absolute Gasteiger partial charge is 0.337 e. The molecule has 0 bridgehead atoms. The van der Waals surface area contributed by atoms with Crippen LogP contribution in [-0.2, 0) is 4.79 Å². The summed E-state index contributed by atoms with van der Waals surface area (Å²) in [4.78, 5) is 26.5. The third kappa shape index (κ3) is 3.73. The van der Waals surface area contributed by atoms with Crippen molar-refractivity contribution in [2.24, 2.45) is 0 Å². The Morgan fingerprint density at radius 3 is 2.83 bits per heavy atom. The van der Waals surface area contributed by atoms with E-state index in [2.05, 4.69) is 15.6 Å². The van der Waals surface area contributed by atoms with E-state index < -0.39 is 12.0 Å². The molecule has 1 aromatic rings. The fourth-order valence-electron chi connectivity index (χ4n) is 1.40. The van der Waals surface area contributed by atoms with Crippen LogP contribution < -0.4 is 10.6 Å². The predicted octanol–water partition coefficient (Wildman–Crippen LogP) is 1.11. The fourth-order valence-corrected chi connectivity index (χ4v) is 1.40. The number of pyridine rings is 1. The van der Waals surface area contributed by atoms with E-state index in [9.17, 15) is 9.59 Å². The first kappa shape index (κ1) is 14.0. The molecule has 18 heavy (non-hydrogen) atoms. The maximum Gasteiger partial charge on any atom is 0.337 e. The van der Waals surface area contributed by atoms with Crippen LogP contribution in [0.1, 0.15) is 30.6 Å². The van der Waals surface area contributed by atoms with Gasteiger partial charge in [-0.05, 0) is 19.4 Å². The molecule has 1 aromatic heterocycles. The first-order valence-corrected chi connectivity index (χ1v) is 5.77. The molecule has 0 aromatic carbocycles. The number of carbonyl (C=O) groups excluding carboxylic acids is 1. The number of hydrogen-bond acceptors (Lipinski definition) is 4. The molecule has 6 nitrogen and oxygen atoms in total. The molecule has 0 aliphatic heterocycles. The maximum absolute atomic E-state index is 11.6. The maximum atomic E-state index is 11.6. The molecule has 1 rings (SSSR count). The van der Waals surface area contributed by atoms with E-state index in [4.69, 9.17) is 5.11 Å². The van der Waals surface area contributed by atoms with Crippen LogP contribution in [0.3, 0.4) is 0 Å². The number of anilines is 1. The zero-order chi connectivity index (χ0) is 13.5. The molecule has 0 radical (unpaired) electrons. The van der Waals surface area contributed by atoms with E-state index in [1.165, 1.54) is 18.5 Å². The van der Waals surface area contributed by atoms with Crippen molar-refractivity contribution in [3.05, 3.63) is 24.0 Å². The molecule has 0 saturated heterocycles. The summed E-state index contributed by atoms with van der Waals surface area (Å²) in [6.45, 7) is 4.23. The molecule has 1 heterocycles. The molecule has 3 N–H and O–H groups in total. The quantitative estimate of drug-likeness (QED) is 0.704. The Kier molecular flexibility index (Phi) is 5.10. The average Bonchev–Trinajstić information content (AvgIpc) is 2.36. The summed E-state index contributed by atoms with van der Waals surface area (Å²) >= 11 is 0. The third-order valence-corrected chi connectivity index (χ3v) is 2.37. The van der Waals surface area contributed by atoms with Gasteiger partial charge in [0, 0.05) is 12.7 Å². The summed E-state index contributed by atoms with van der Waals surface area (Å²) in [6.07, 6.45) is 3.65. The normalized spacial score (nSPS) is 11.7. The number of carboxylic acids is 1. The summed E-state index contributed by atoms with van der Waals surface area (Å²) in [5, 5.41) is 14.6. The topological polar surface area (TPSA) is 91.3 Å². The summed E-state index contributed by atoms with van der Waals surface area (Å²) in [7, 11) is 0. The molecule has 1 atom stereocenters. The molecule has 0 spiro atoms. The van der Waals surface area contributed by atoms with Crippen molar-refractivity contribution in [1.82, 2.24) is 10.3 Å². The molecular formula is C12H17N3O3. The largest absolute Gasteiger partial charge is 0.478 e. The fraction of sp³-hybridized carbons (Fsp3) is 0.417. The number of carbonyl (C=O) groups is 2. The zero-order valence-electron chi connectivity index (χ0n) is 10.4. The molecule has 6 heteroatoms. The van der Waals surface area contributed by atoms with Crippen LogP contribution in [0.25, 0.3) is 0 Å². The van der Waals surface area contributed by atoms with Crippen molar-refractivity contribution in [1.29, 1.82) is 0 Å². The van der Waals surface area contributed by atoms with Gasteiger partial charge < -0.3 is 15.7 Å². The van der Waals surface area contributed by atoms with Gasteiger partial charge in [-0.15, -0.1) is 0 Å². The van der Waals surface area contributed by atoms with Crippen LogP contribution in [0.15, 0.2) is 18.5 Å². The van der Waals surface area contributed by atoms with E-state index >= 15 is 0 Å². The Morgan fingerprint density at radius 2 is 2.22 bits per heavy atom. The second-order valence-electron chi connectivity index (χ2n) is 3.88. The van der Waals surface area contributed by atoms with Crippen molar-refractivity contribution < 1.29 is 14.7 Å². The highest BCUT2D eigenvalue weighted by Crippen LogP contribution is 2.14. The number of carboxylic acid groups (broad SMARTS) is 1. The van der Waals surface area contributed by atoms with Gasteiger partial charge in [0.25, 0.3) is 0 Å². The highest BCUT2D eigenvalue weighted by Gasteiger charge is 2.16. The number of amides is 1. The van der Waals surface area contributed by atoms with Gasteiger partial charge in [0.1, 0.15) is 6.04 Å². The van der Waals surface area contributed by atoms with Crippen LogP contribution in [0.2, 0.25) is 0 Å². The van der Waals surface area contributed by atoms with E-state index in [-0.39, 0.29) is 11.5 Å². The zero-order valence-corrected chi connectivity index (χ0v) is 10.4. The first-order chi connectivity index (χ1) is 8.56. The molecule has 98 valence electrons. The second kappa shape index (κ2) is 6.58. The van der Waals surface area contributed by atoms with Crippen LogP contribution in [-0.4, -0.2) is 34.6 Å². The minimum Gasteiger partial charge on any atom is -0.478 e. The standard InChI is InChI=1S/C12H17N3O3/c1-3-5-14-11(16)8(2)15-10-7-13-6-4-9(10)12(17)18/h4,6-8,15H,3,5H2,1-2H3,(H,14,16)(H,17,18). The van der Waals surface area contributed by atoms with Crippen LogP contribution >= 0.6 is 0 Å². The summed E-state index contributed by atoms with van der Waals surface area (Å²) in [5.74, 6) is -1.22. The lowest BCUT2D eigenvalue weighted by atomic mass is 10.2. The van der Waals surface area contributed by atoms with E-state index in [1.807, 2.05) is 6.92 Å². The van der Waals surface area contributed by atoms with Crippen LogP contribution in [0.4, 0.5) is 5.69 Å². The van der Waals surface area contributed by atoms with Gasteiger partial charge in [-0.25, -0.2) is 4.79 Å². The van der Waals surface area contributed by atoms with Crippen molar-refractivity contribution in [2.75, 3.05) is 11.9 Å². The number of nitrogens with one attached hydrogen (secondary N) is 2. The van der Waals surface area contributed by atoms with Gasteiger partial charge >= 0.3 is 5.97 Å². The Labute approximate surface area is 105 Å². The second-order valence-corrected chi connectivity index (χ2v) is 3.88. The molecule has 0 saturated carbocycles. The Hall–Kier alpha value is -2.11. The van der Waals surface area contributed by atoms with Gasteiger partial charge in [-0.3, -0.25) is 9.78 Å². The van der Waals surface area contributed by atoms with Crippen molar-refractivity contribution in [2.45, 2.75) is 26.3 Å². The summed E-state index contributed by atoms with van der Waals surface area (Å²) in [6, 6.07) is 0.875. The summed E-state index contributed by atoms with van der Waals surface area (Å²) < 4.78 is 0.